The summed E-state index contributed by atoms with van der Waals surface area (Å²) in [6.45, 7) is 0.550. The molecule has 1 aliphatic heterocycles. The number of amides is 2. The zero-order valence-electron chi connectivity index (χ0n) is 16.9. The van der Waals surface area contributed by atoms with Crippen molar-refractivity contribution in [1.82, 2.24) is 20.0 Å². The second-order valence-electron chi connectivity index (χ2n) is 7.45. The molecule has 1 atom stereocenters. The van der Waals surface area contributed by atoms with Crippen molar-refractivity contribution in [2.24, 2.45) is 0 Å². The van der Waals surface area contributed by atoms with E-state index in [1.165, 1.54) is 0 Å². The third-order valence-electron chi connectivity index (χ3n) is 5.26. The Hall–Kier alpha value is -2.88. The molecule has 2 amide bonds. The number of carbonyl (C=O) groups is 2. The second-order valence-corrected chi connectivity index (χ2v) is 7.45. The highest BCUT2D eigenvalue weighted by atomic mass is 19.4. The van der Waals surface area contributed by atoms with Gasteiger partial charge in [0.2, 0.25) is 5.91 Å². The van der Waals surface area contributed by atoms with Crippen molar-refractivity contribution in [3.63, 3.8) is 0 Å². The van der Waals surface area contributed by atoms with Gasteiger partial charge >= 0.3 is 6.18 Å². The van der Waals surface area contributed by atoms with E-state index in [9.17, 15) is 27.9 Å². The Morgan fingerprint density at radius 1 is 1.19 bits per heavy atom. The number of piperidine rings is 1. The van der Waals surface area contributed by atoms with Crippen LogP contribution in [0.3, 0.4) is 0 Å². The number of likely N-dealkylation sites (tertiary alicyclic amines) is 1. The summed E-state index contributed by atoms with van der Waals surface area (Å²) < 4.78 is 41.2. The van der Waals surface area contributed by atoms with Gasteiger partial charge in [0.15, 0.2) is 5.69 Å². The van der Waals surface area contributed by atoms with Gasteiger partial charge in [-0.05, 0) is 37.8 Å². The van der Waals surface area contributed by atoms with Gasteiger partial charge in [-0.3, -0.25) is 9.59 Å². The number of halogens is 3. The van der Waals surface area contributed by atoms with E-state index in [1.807, 2.05) is 0 Å². The first-order valence-corrected chi connectivity index (χ1v) is 10.2. The Kier molecular flexibility index (Phi) is 7.32. The summed E-state index contributed by atoms with van der Waals surface area (Å²) in [4.78, 5) is 26.4. The highest BCUT2D eigenvalue weighted by molar-refractivity contribution is 5.95. The maximum atomic E-state index is 13.4. The maximum Gasteiger partial charge on any atom is 0.435 e. The quantitative estimate of drug-likeness (QED) is 0.651. The van der Waals surface area contributed by atoms with Crippen molar-refractivity contribution in [2.45, 2.75) is 44.3 Å². The molecular weight excluding hydrogens is 413 g/mol. The van der Waals surface area contributed by atoms with Gasteiger partial charge < -0.3 is 15.3 Å². The molecule has 1 aromatic carbocycles. The number of aliphatic hydroxyl groups excluding tert-OH is 1. The predicted octanol–water partition coefficient (Wildman–Crippen LogP) is 2.77. The number of carbonyl (C=O) groups excluding carboxylic acids is 2. The SMILES string of the molecule is O=C(NCCCC(=O)N1CCCCC1CO)c1cn(-c2ccccc2)nc1C(F)(F)F. The number of aromatic nitrogens is 2. The largest absolute Gasteiger partial charge is 0.435 e. The number of hydrogen-bond donors (Lipinski definition) is 2. The van der Waals surface area contributed by atoms with Gasteiger partial charge in [0.05, 0.1) is 23.9 Å². The summed E-state index contributed by atoms with van der Waals surface area (Å²) in [5.74, 6) is -1.02. The van der Waals surface area contributed by atoms with E-state index in [4.69, 9.17) is 0 Å². The standard InChI is InChI=1S/C21H25F3N4O3/c22-21(23,24)19-17(13-28(26-19)15-7-2-1-3-8-15)20(31)25-11-6-10-18(30)27-12-5-4-9-16(27)14-29/h1-3,7-8,13,16,29H,4-6,9-12,14H2,(H,25,31). The molecule has 2 N–H and O–H groups in total. The zero-order valence-corrected chi connectivity index (χ0v) is 16.9. The number of aliphatic hydroxyl groups is 1. The maximum absolute atomic E-state index is 13.4. The van der Waals surface area contributed by atoms with Crippen LogP contribution in [0.25, 0.3) is 5.69 Å². The monoisotopic (exact) mass is 438 g/mol. The summed E-state index contributed by atoms with van der Waals surface area (Å²) in [5, 5.41) is 15.4. The van der Waals surface area contributed by atoms with E-state index in [1.54, 1.807) is 35.2 Å². The van der Waals surface area contributed by atoms with E-state index >= 15 is 0 Å². The molecule has 2 aromatic rings. The van der Waals surface area contributed by atoms with E-state index in [0.29, 0.717) is 12.2 Å². The third-order valence-corrected chi connectivity index (χ3v) is 5.26. The van der Waals surface area contributed by atoms with Crippen LogP contribution in [0.4, 0.5) is 13.2 Å². The van der Waals surface area contributed by atoms with Crippen molar-refractivity contribution in [3.05, 3.63) is 47.8 Å². The number of para-hydroxylation sites is 1. The minimum atomic E-state index is -4.78. The van der Waals surface area contributed by atoms with Crippen LogP contribution in [-0.2, 0) is 11.0 Å². The third kappa shape index (κ3) is 5.63. The summed E-state index contributed by atoms with van der Waals surface area (Å²) in [6, 6.07) is 8.02. The molecule has 31 heavy (non-hydrogen) atoms. The molecular formula is C21H25F3N4O3. The molecule has 1 saturated heterocycles. The Balaban J connectivity index is 1.60. The van der Waals surface area contributed by atoms with Gasteiger partial charge in [-0.1, -0.05) is 18.2 Å². The highest BCUT2D eigenvalue weighted by Gasteiger charge is 2.39. The minimum absolute atomic E-state index is 0.0516. The van der Waals surface area contributed by atoms with Crippen molar-refractivity contribution in [3.8, 4) is 5.69 Å². The summed E-state index contributed by atoms with van der Waals surface area (Å²) >= 11 is 0. The Morgan fingerprint density at radius 2 is 1.94 bits per heavy atom. The number of hydrogen-bond acceptors (Lipinski definition) is 4. The highest BCUT2D eigenvalue weighted by Crippen LogP contribution is 2.31. The van der Waals surface area contributed by atoms with Crippen LogP contribution in [0, 0.1) is 0 Å². The summed E-state index contributed by atoms with van der Waals surface area (Å²) in [6.07, 6.45) is -0.702. The average molecular weight is 438 g/mol. The van der Waals surface area contributed by atoms with Crippen LogP contribution in [0.15, 0.2) is 36.5 Å². The van der Waals surface area contributed by atoms with Crippen LogP contribution in [0.2, 0.25) is 0 Å². The lowest BCUT2D eigenvalue weighted by molar-refractivity contribution is -0.141. The molecule has 168 valence electrons. The van der Waals surface area contributed by atoms with Gasteiger partial charge in [0.25, 0.3) is 5.91 Å². The molecule has 1 unspecified atom stereocenters. The van der Waals surface area contributed by atoms with Gasteiger partial charge in [-0.15, -0.1) is 0 Å². The molecule has 0 saturated carbocycles. The minimum Gasteiger partial charge on any atom is -0.394 e. The lowest BCUT2D eigenvalue weighted by Crippen LogP contribution is -2.45. The number of benzene rings is 1. The Bertz CT molecular complexity index is 899. The van der Waals surface area contributed by atoms with Gasteiger partial charge in [0.1, 0.15) is 0 Å². The van der Waals surface area contributed by atoms with E-state index in [0.717, 1.165) is 30.1 Å². The predicted molar refractivity (Wildman–Crippen MR) is 107 cm³/mol. The van der Waals surface area contributed by atoms with E-state index in [-0.39, 0.29) is 37.9 Å². The summed E-state index contributed by atoms with van der Waals surface area (Å²) in [5.41, 5.74) is -1.43. The van der Waals surface area contributed by atoms with Crippen molar-refractivity contribution < 1.29 is 27.9 Å². The molecule has 10 heteroatoms. The number of nitrogens with one attached hydrogen (secondary N) is 1. The lowest BCUT2D eigenvalue weighted by Gasteiger charge is -2.34. The van der Waals surface area contributed by atoms with Crippen molar-refractivity contribution >= 4 is 11.8 Å². The molecule has 1 aliphatic rings. The molecule has 3 rings (SSSR count). The smallest absolute Gasteiger partial charge is 0.394 e. The number of alkyl halides is 3. The summed E-state index contributed by atoms with van der Waals surface area (Å²) in [7, 11) is 0. The number of nitrogens with zero attached hydrogens (tertiary/aromatic N) is 3. The molecule has 0 aliphatic carbocycles. The molecule has 0 spiro atoms. The normalized spacial score (nSPS) is 16.9. The van der Waals surface area contributed by atoms with Gasteiger partial charge in [-0.25, -0.2) is 4.68 Å². The molecule has 2 heterocycles. The fraction of sp³-hybridized carbons (Fsp3) is 0.476. The van der Waals surface area contributed by atoms with Crippen LogP contribution in [0.1, 0.15) is 48.2 Å². The van der Waals surface area contributed by atoms with Crippen molar-refractivity contribution in [1.29, 1.82) is 0 Å². The molecule has 1 fully saturated rings. The van der Waals surface area contributed by atoms with E-state index < -0.39 is 23.3 Å². The molecule has 0 bridgehead atoms. The van der Waals surface area contributed by atoms with E-state index in [2.05, 4.69) is 10.4 Å². The average Bonchev–Trinajstić information content (AvgIpc) is 3.23. The fourth-order valence-electron chi connectivity index (χ4n) is 3.66. The number of rotatable bonds is 7. The molecule has 0 radical (unpaired) electrons. The van der Waals surface area contributed by atoms with Crippen LogP contribution < -0.4 is 5.32 Å². The van der Waals surface area contributed by atoms with Gasteiger partial charge in [0, 0.05) is 25.7 Å². The molecule has 1 aromatic heterocycles. The lowest BCUT2D eigenvalue weighted by atomic mass is 10.0. The van der Waals surface area contributed by atoms with Crippen LogP contribution in [-0.4, -0.2) is 57.3 Å². The van der Waals surface area contributed by atoms with Crippen LogP contribution in [0.5, 0.6) is 0 Å². The first-order chi connectivity index (χ1) is 14.8. The molecule has 7 nitrogen and oxygen atoms in total. The van der Waals surface area contributed by atoms with Crippen molar-refractivity contribution in [2.75, 3.05) is 19.7 Å². The first-order valence-electron chi connectivity index (χ1n) is 10.2. The van der Waals surface area contributed by atoms with Gasteiger partial charge in [-0.2, -0.15) is 18.3 Å². The zero-order chi connectivity index (χ0) is 22.4. The van der Waals surface area contributed by atoms with Crippen LogP contribution >= 0.6 is 0 Å². The fourth-order valence-corrected chi connectivity index (χ4v) is 3.66. The Labute approximate surface area is 177 Å². The first kappa shape index (κ1) is 22.8. The topological polar surface area (TPSA) is 87.5 Å². The second kappa shape index (κ2) is 9.95. The Morgan fingerprint density at radius 3 is 2.61 bits per heavy atom.